The van der Waals surface area contributed by atoms with Gasteiger partial charge in [-0.25, -0.2) is 18.4 Å². The smallest absolute Gasteiger partial charge is 0.408 e. The number of esters is 1. The molecule has 0 saturated carbocycles. The molecule has 1 saturated heterocycles. The van der Waals surface area contributed by atoms with Gasteiger partial charge >= 0.3 is 12.1 Å². The van der Waals surface area contributed by atoms with Crippen LogP contribution in [0.4, 0.5) is 13.6 Å². The highest BCUT2D eigenvalue weighted by atomic mass is 19.2. The molecule has 1 N–H and O–H groups in total. The van der Waals surface area contributed by atoms with Crippen molar-refractivity contribution in [1.82, 2.24) is 4.90 Å². The van der Waals surface area contributed by atoms with Gasteiger partial charge < -0.3 is 9.84 Å². The lowest BCUT2D eigenvalue weighted by Gasteiger charge is -2.27. The molecule has 5 nitrogen and oxygen atoms in total. The molecule has 130 valence electrons. The maximum absolute atomic E-state index is 13.4. The van der Waals surface area contributed by atoms with Crippen LogP contribution in [0, 0.1) is 11.6 Å². The first kappa shape index (κ1) is 17.9. The minimum Gasteiger partial charge on any atom is -0.466 e. The number of amides is 1. The van der Waals surface area contributed by atoms with Crippen molar-refractivity contribution in [2.24, 2.45) is 0 Å². The number of carbonyl (C=O) groups excluding carboxylic acids is 1. The van der Waals surface area contributed by atoms with E-state index in [1.807, 2.05) is 0 Å². The van der Waals surface area contributed by atoms with Crippen LogP contribution in [0.3, 0.4) is 0 Å². The number of likely N-dealkylation sites (tertiary alicyclic amines) is 1. The summed E-state index contributed by atoms with van der Waals surface area (Å²) in [5, 5.41) is 9.49. The highest BCUT2D eigenvalue weighted by molar-refractivity contribution is 5.81. The third-order valence-corrected chi connectivity index (χ3v) is 4.17. The zero-order chi connectivity index (χ0) is 17.7. The van der Waals surface area contributed by atoms with Crippen LogP contribution in [0.5, 0.6) is 0 Å². The number of hydrogen-bond acceptors (Lipinski definition) is 3. The summed E-state index contributed by atoms with van der Waals surface area (Å²) in [5.41, 5.74) is 0.448. The van der Waals surface area contributed by atoms with E-state index in [-0.39, 0.29) is 6.04 Å². The molecule has 0 radical (unpaired) electrons. The maximum atomic E-state index is 13.4. The molecule has 0 bridgehead atoms. The average molecular weight is 339 g/mol. The van der Waals surface area contributed by atoms with Gasteiger partial charge in [0, 0.05) is 12.1 Å². The van der Waals surface area contributed by atoms with Crippen molar-refractivity contribution in [3.05, 3.63) is 47.5 Å². The summed E-state index contributed by atoms with van der Waals surface area (Å²) in [6.07, 6.45) is 4.08. The predicted octanol–water partition coefficient (Wildman–Crippen LogP) is 3.66. The van der Waals surface area contributed by atoms with Crippen LogP contribution in [-0.4, -0.2) is 35.2 Å². The Bertz CT molecular complexity index is 647. The largest absolute Gasteiger partial charge is 0.466 e. The van der Waals surface area contributed by atoms with Crippen LogP contribution in [0.2, 0.25) is 0 Å². The summed E-state index contributed by atoms with van der Waals surface area (Å²) < 4.78 is 31.0. The Labute approximate surface area is 138 Å². The molecular weight excluding hydrogens is 320 g/mol. The van der Waals surface area contributed by atoms with E-state index >= 15 is 0 Å². The van der Waals surface area contributed by atoms with Crippen molar-refractivity contribution < 1.29 is 28.2 Å². The number of methoxy groups -OCH3 is 1. The van der Waals surface area contributed by atoms with Gasteiger partial charge in [-0.15, -0.1) is 0 Å². The van der Waals surface area contributed by atoms with Crippen LogP contribution < -0.4 is 0 Å². The zero-order valence-corrected chi connectivity index (χ0v) is 13.2. The summed E-state index contributed by atoms with van der Waals surface area (Å²) in [6.45, 7) is 0. The van der Waals surface area contributed by atoms with Gasteiger partial charge in [0.25, 0.3) is 0 Å². The van der Waals surface area contributed by atoms with Gasteiger partial charge in [0.05, 0.1) is 13.2 Å². The quantitative estimate of drug-likeness (QED) is 0.657. The van der Waals surface area contributed by atoms with Crippen LogP contribution in [0.25, 0.3) is 0 Å². The SMILES string of the molecule is COC(=O)/C=C/CC[C@H]1CC[C@@H](c2ccc(F)c(F)c2)N1C(=O)O. The molecule has 1 aromatic rings. The van der Waals surface area contributed by atoms with Crippen LogP contribution in [0.15, 0.2) is 30.4 Å². The van der Waals surface area contributed by atoms with Crippen molar-refractivity contribution >= 4 is 12.1 Å². The second kappa shape index (κ2) is 7.90. The average Bonchev–Trinajstić information content (AvgIpc) is 2.98. The first-order chi connectivity index (χ1) is 11.4. The van der Waals surface area contributed by atoms with E-state index in [0.717, 1.165) is 12.1 Å². The summed E-state index contributed by atoms with van der Waals surface area (Å²) in [5.74, 6) is -2.40. The second-order valence-electron chi connectivity index (χ2n) is 5.61. The van der Waals surface area contributed by atoms with E-state index in [4.69, 9.17) is 0 Å². The number of benzene rings is 1. The van der Waals surface area contributed by atoms with E-state index in [0.29, 0.717) is 31.2 Å². The van der Waals surface area contributed by atoms with Crippen LogP contribution >= 0.6 is 0 Å². The first-order valence-corrected chi connectivity index (χ1v) is 7.64. The fraction of sp³-hybridized carbons (Fsp3) is 0.412. The van der Waals surface area contributed by atoms with Gasteiger partial charge in [-0.05, 0) is 43.4 Å². The van der Waals surface area contributed by atoms with E-state index < -0.39 is 29.7 Å². The molecule has 0 unspecified atom stereocenters. The Hall–Kier alpha value is -2.44. The zero-order valence-electron chi connectivity index (χ0n) is 13.2. The van der Waals surface area contributed by atoms with Gasteiger partial charge in [0.1, 0.15) is 0 Å². The number of rotatable bonds is 5. The molecule has 2 rings (SSSR count). The Morgan fingerprint density at radius 3 is 2.71 bits per heavy atom. The summed E-state index contributed by atoms with van der Waals surface area (Å²) in [6, 6.07) is 2.75. The monoisotopic (exact) mass is 339 g/mol. The Morgan fingerprint density at radius 2 is 2.08 bits per heavy atom. The van der Waals surface area contributed by atoms with E-state index in [2.05, 4.69) is 4.74 Å². The van der Waals surface area contributed by atoms with Gasteiger partial charge in [-0.3, -0.25) is 4.90 Å². The Morgan fingerprint density at radius 1 is 1.33 bits per heavy atom. The van der Waals surface area contributed by atoms with Gasteiger partial charge in [0.2, 0.25) is 0 Å². The molecule has 24 heavy (non-hydrogen) atoms. The molecule has 2 atom stereocenters. The molecule has 1 aliphatic rings. The molecule has 1 aliphatic heterocycles. The number of carboxylic acid groups (broad SMARTS) is 1. The fourth-order valence-electron chi connectivity index (χ4n) is 3.04. The molecule has 7 heteroatoms. The van der Waals surface area contributed by atoms with Crippen molar-refractivity contribution in [1.29, 1.82) is 0 Å². The van der Waals surface area contributed by atoms with Crippen LogP contribution in [-0.2, 0) is 9.53 Å². The fourth-order valence-corrected chi connectivity index (χ4v) is 3.04. The summed E-state index contributed by atoms with van der Waals surface area (Å²) >= 11 is 0. The molecule has 0 spiro atoms. The number of halogens is 2. The minimum atomic E-state index is -1.09. The predicted molar refractivity (Wildman–Crippen MR) is 82.4 cm³/mol. The second-order valence-corrected chi connectivity index (χ2v) is 5.61. The van der Waals surface area contributed by atoms with Crippen molar-refractivity contribution in [2.75, 3.05) is 7.11 Å². The first-order valence-electron chi connectivity index (χ1n) is 7.64. The third kappa shape index (κ3) is 4.10. The van der Waals surface area contributed by atoms with Crippen molar-refractivity contribution in [3.8, 4) is 0 Å². The lowest BCUT2D eigenvalue weighted by molar-refractivity contribution is -0.134. The highest BCUT2D eigenvalue weighted by Gasteiger charge is 2.37. The van der Waals surface area contributed by atoms with E-state index in [1.165, 1.54) is 24.2 Å². The molecular formula is C17H19F2NO4. The number of ether oxygens (including phenoxy) is 1. The Kier molecular flexibility index (Phi) is 5.89. The number of carbonyl (C=O) groups is 2. The summed E-state index contributed by atoms with van der Waals surface area (Å²) in [4.78, 5) is 23.9. The number of hydrogen-bond donors (Lipinski definition) is 1. The van der Waals surface area contributed by atoms with Crippen molar-refractivity contribution in [3.63, 3.8) is 0 Å². The molecule has 0 aliphatic carbocycles. The van der Waals surface area contributed by atoms with Gasteiger partial charge in [-0.2, -0.15) is 0 Å². The van der Waals surface area contributed by atoms with E-state index in [1.54, 1.807) is 6.08 Å². The highest BCUT2D eigenvalue weighted by Crippen LogP contribution is 2.38. The Balaban J connectivity index is 2.07. The molecule has 1 fully saturated rings. The van der Waals surface area contributed by atoms with Gasteiger partial charge in [0.15, 0.2) is 11.6 Å². The lowest BCUT2D eigenvalue weighted by atomic mass is 10.0. The standard InChI is InChI=1S/C17H19F2NO4/c1-24-16(21)5-3-2-4-12-7-9-15(20(12)17(22)23)11-6-8-13(18)14(19)10-11/h3,5-6,8,10,12,15H,2,4,7,9H2,1H3,(H,22,23)/b5-3+/t12-,15-/m0/s1. The third-order valence-electron chi connectivity index (χ3n) is 4.17. The number of nitrogens with zero attached hydrogens (tertiary/aromatic N) is 1. The molecule has 0 aromatic heterocycles. The molecule has 1 heterocycles. The minimum absolute atomic E-state index is 0.233. The lowest BCUT2D eigenvalue weighted by Crippen LogP contribution is -2.36. The summed E-state index contributed by atoms with van der Waals surface area (Å²) in [7, 11) is 1.28. The van der Waals surface area contributed by atoms with Gasteiger partial charge in [-0.1, -0.05) is 12.1 Å². The van der Waals surface area contributed by atoms with E-state index in [9.17, 15) is 23.5 Å². The van der Waals surface area contributed by atoms with Crippen molar-refractivity contribution in [2.45, 2.75) is 37.8 Å². The normalized spacial score (nSPS) is 20.5. The number of allylic oxidation sites excluding steroid dienone is 1. The maximum Gasteiger partial charge on any atom is 0.408 e. The molecule has 1 aromatic carbocycles. The van der Waals surface area contributed by atoms with Crippen LogP contribution in [0.1, 0.15) is 37.3 Å². The topological polar surface area (TPSA) is 66.8 Å². The molecule has 1 amide bonds.